The molecular weight excluding hydrogens is 487 g/mol. The van der Waals surface area contributed by atoms with E-state index in [-0.39, 0.29) is 0 Å². The van der Waals surface area contributed by atoms with Gasteiger partial charge in [-0.15, -0.1) is 0 Å². The zero-order chi connectivity index (χ0) is 19.0. The normalized spacial score (nSPS) is 11.7. The topological polar surface area (TPSA) is 0 Å². The standard InChI is InChI=1S/2C8H17.2C2H4S2.Sn/c2*1-3-5-7-8-6-4-2;2*1-2(3)4;/h2*1,3-8H2,2H3;2*1H3,(H,3,4);/q;;;;+2/p-2. The fourth-order valence-corrected chi connectivity index (χ4v) is 41.0. The summed E-state index contributed by atoms with van der Waals surface area (Å²) in [6, 6.07) is 0. The Kier molecular flexibility index (Phi) is 18.9. The van der Waals surface area contributed by atoms with Crippen LogP contribution in [0.25, 0.3) is 0 Å². The van der Waals surface area contributed by atoms with Gasteiger partial charge in [0.15, 0.2) is 0 Å². The molecular formula is C20H40S4Sn. The Morgan fingerprint density at radius 3 is 1.24 bits per heavy atom. The van der Waals surface area contributed by atoms with Gasteiger partial charge in [-0.3, -0.25) is 0 Å². The molecule has 0 amide bonds. The van der Waals surface area contributed by atoms with Crippen molar-refractivity contribution < 1.29 is 0 Å². The van der Waals surface area contributed by atoms with Crippen molar-refractivity contribution in [3.05, 3.63) is 0 Å². The second kappa shape index (κ2) is 17.8. The summed E-state index contributed by atoms with van der Waals surface area (Å²) in [6.07, 6.45) is 16.7. The zero-order valence-corrected chi connectivity index (χ0v) is 23.2. The van der Waals surface area contributed by atoms with E-state index in [0.29, 0.717) is 0 Å². The Morgan fingerprint density at radius 2 is 0.920 bits per heavy atom. The SMILES string of the molecule is CCCCCCC[CH2][Sn]([CH2]CCCCCCC)([S]C(C)=S)[S]C(C)=S. The van der Waals surface area contributed by atoms with Crippen molar-refractivity contribution in [1.29, 1.82) is 0 Å². The number of unbranched alkanes of at least 4 members (excludes halogenated alkanes) is 10. The summed E-state index contributed by atoms with van der Waals surface area (Å²) >= 11 is 8.68. The third kappa shape index (κ3) is 16.3. The Morgan fingerprint density at radius 1 is 0.600 bits per heavy atom. The number of thiocarbonyl (C=S) groups is 2. The predicted molar refractivity (Wildman–Crippen MR) is 134 cm³/mol. The van der Waals surface area contributed by atoms with Gasteiger partial charge in [0.05, 0.1) is 0 Å². The van der Waals surface area contributed by atoms with E-state index in [1.807, 2.05) is 0 Å². The van der Waals surface area contributed by atoms with Crippen molar-refractivity contribution in [2.45, 2.75) is 114 Å². The van der Waals surface area contributed by atoms with Crippen LogP contribution in [0.4, 0.5) is 0 Å². The third-order valence-corrected chi connectivity index (χ3v) is 35.6. The van der Waals surface area contributed by atoms with Crippen LogP contribution in [0.1, 0.15) is 105 Å². The minimum atomic E-state index is -2.38. The summed E-state index contributed by atoms with van der Waals surface area (Å²) in [4.78, 5) is 0. The molecule has 0 aromatic heterocycles. The molecule has 0 aliphatic rings. The molecule has 0 unspecified atom stereocenters. The summed E-state index contributed by atoms with van der Waals surface area (Å²) < 4.78 is 5.23. The van der Waals surface area contributed by atoms with Gasteiger partial charge in [0.25, 0.3) is 0 Å². The molecule has 0 heterocycles. The predicted octanol–water partition coefficient (Wildman–Crippen LogP) is 9.31. The maximum atomic E-state index is 5.53. The molecule has 0 nitrogen and oxygen atoms in total. The van der Waals surface area contributed by atoms with Gasteiger partial charge in [0.1, 0.15) is 0 Å². The van der Waals surface area contributed by atoms with E-state index in [9.17, 15) is 0 Å². The van der Waals surface area contributed by atoms with Crippen LogP contribution in [-0.4, -0.2) is 24.0 Å². The molecule has 0 saturated carbocycles. The van der Waals surface area contributed by atoms with Crippen LogP contribution in [0.15, 0.2) is 0 Å². The fourth-order valence-electron chi connectivity index (χ4n) is 3.22. The van der Waals surface area contributed by atoms with Gasteiger partial charge in [0.2, 0.25) is 0 Å². The van der Waals surface area contributed by atoms with Gasteiger partial charge in [-0.2, -0.15) is 0 Å². The number of hydrogen-bond acceptors (Lipinski definition) is 4. The molecule has 0 atom stereocenters. The molecule has 0 aliphatic heterocycles. The summed E-state index contributed by atoms with van der Waals surface area (Å²) in [5.74, 6) is 0. The Bertz CT molecular complexity index is 324. The molecule has 25 heavy (non-hydrogen) atoms. The summed E-state index contributed by atoms with van der Waals surface area (Å²) in [6.45, 7) is 8.85. The van der Waals surface area contributed by atoms with Crippen molar-refractivity contribution in [2.75, 3.05) is 0 Å². The second-order valence-electron chi connectivity index (χ2n) is 7.13. The van der Waals surface area contributed by atoms with E-state index in [2.05, 4.69) is 45.6 Å². The first-order chi connectivity index (χ1) is 12.0. The van der Waals surface area contributed by atoms with E-state index in [1.54, 1.807) is 0 Å². The van der Waals surface area contributed by atoms with Crippen LogP contribution in [0.2, 0.25) is 8.87 Å². The number of hydrogen-bond donors (Lipinski definition) is 0. The van der Waals surface area contributed by atoms with Gasteiger partial charge in [0, 0.05) is 0 Å². The van der Waals surface area contributed by atoms with Gasteiger partial charge in [-0.1, -0.05) is 0 Å². The van der Waals surface area contributed by atoms with Crippen LogP contribution >= 0.6 is 42.3 Å². The molecule has 148 valence electrons. The van der Waals surface area contributed by atoms with Crippen molar-refractivity contribution in [3.8, 4) is 0 Å². The molecule has 0 bridgehead atoms. The molecule has 0 N–H and O–H groups in total. The maximum absolute atomic E-state index is 5.53. The van der Waals surface area contributed by atoms with Crippen LogP contribution in [0.5, 0.6) is 0 Å². The van der Waals surface area contributed by atoms with Crippen molar-refractivity contribution in [1.82, 2.24) is 0 Å². The fraction of sp³-hybridized carbons (Fsp3) is 0.900. The Hall–Kier alpha value is 1.68. The molecule has 5 heteroatoms. The van der Waals surface area contributed by atoms with Crippen molar-refractivity contribution in [2.24, 2.45) is 0 Å². The van der Waals surface area contributed by atoms with E-state index >= 15 is 0 Å². The first-order valence-corrected chi connectivity index (χ1v) is 23.8. The average Bonchev–Trinajstić information content (AvgIpc) is 2.53. The van der Waals surface area contributed by atoms with Gasteiger partial charge in [-0.05, 0) is 0 Å². The van der Waals surface area contributed by atoms with Gasteiger partial charge < -0.3 is 0 Å². The average molecular weight is 528 g/mol. The summed E-state index contributed by atoms with van der Waals surface area (Å²) in [5, 5.41) is 0. The molecule has 0 fully saturated rings. The third-order valence-electron chi connectivity index (χ3n) is 4.48. The second-order valence-corrected chi connectivity index (χ2v) is 34.3. The Labute approximate surface area is 178 Å². The molecule has 0 radical (unpaired) electrons. The van der Waals surface area contributed by atoms with E-state index in [1.165, 1.54) is 85.9 Å². The van der Waals surface area contributed by atoms with Crippen LogP contribution in [0.3, 0.4) is 0 Å². The minimum absolute atomic E-state index is 1.16. The van der Waals surface area contributed by atoms with E-state index in [0.717, 1.165) is 8.39 Å². The quantitative estimate of drug-likeness (QED) is 0.111. The molecule has 0 spiro atoms. The first-order valence-electron chi connectivity index (χ1n) is 10.3. The first kappa shape index (κ1) is 26.7. The summed E-state index contributed by atoms with van der Waals surface area (Å²) in [7, 11) is 4.26. The van der Waals surface area contributed by atoms with Crippen LogP contribution < -0.4 is 0 Å². The van der Waals surface area contributed by atoms with Gasteiger partial charge in [-0.25, -0.2) is 0 Å². The molecule has 0 aromatic rings. The molecule has 0 aromatic carbocycles. The van der Waals surface area contributed by atoms with Crippen molar-refractivity contribution in [3.63, 3.8) is 0 Å². The number of rotatable bonds is 16. The monoisotopic (exact) mass is 528 g/mol. The van der Waals surface area contributed by atoms with Gasteiger partial charge >= 0.3 is 180 Å². The molecule has 0 saturated heterocycles. The van der Waals surface area contributed by atoms with E-state index in [4.69, 9.17) is 24.4 Å². The zero-order valence-electron chi connectivity index (χ0n) is 17.0. The molecule has 0 rings (SSSR count). The Balaban J connectivity index is 4.52. The van der Waals surface area contributed by atoms with E-state index < -0.39 is 15.6 Å². The summed E-state index contributed by atoms with van der Waals surface area (Å²) in [5.41, 5.74) is 0. The van der Waals surface area contributed by atoms with Crippen LogP contribution in [-0.2, 0) is 0 Å². The van der Waals surface area contributed by atoms with Crippen LogP contribution in [0, 0.1) is 0 Å². The molecule has 0 aliphatic carbocycles. The van der Waals surface area contributed by atoms with Crippen molar-refractivity contribution >= 4 is 66.3 Å².